The minimum Gasteiger partial charge on any atom is -0.497 e. The molecule has 0 aromatic heterocycles. The lowest BCUT2D eigenvalue weighted by Crippen LogP contribution is -2.39. The fourth-order valence-electron chi connectivity index (χ4n) is 2.15. The molecule has 0 unspecified atom stereocenters. The predicted octanol–water partition coefficient (Wildman–Crippen LogP) is 1.59. The Labute approximate surface area is 119 Å². The smallest absolute Gasteiger partial charge is 0.223 e. The van der Waals surface area contributed by atoms with E-state index in [0.29, 0.717) is 19.6 Å². The van der Waals surface area contributed by atoms with Gasteiger partial charge < -0.3 is 19.7 Å². The van der Waals surface area contributed by atoms with E-state index >= 15 is 0 Å². The van der Waals surface area contributed by atoms with Crippen LogP contribution in [0.3, 0.4) is 0 Å². The Morgan fingerprint density at radius 3 is 3.20 bits per heavy atom. The second kappa shape index (κ2) is 6.84. The molecule has 1 N–H and O–H groups in total. The van der Waals surface area contributed by atoms with Crippen LogP contribution >= 0.6 is 0 Å². The first kappa shape index (κ1) is 14.2. The first-order chi connectivity index (χ1) is 9.74. The van der Waals surface area contributed by atoms with Crippen LogP contribution in [0.1, 0.15) is 6.42 Å². The summed E-state index contributed by atoms with van der Waals surface area (Å²) in [4.78, 5) is 13.6. The van der Waals surface area contributed by atoms with Crippen LogP contribution in [0.5, 0.6) is 11.5 Å². The number of hydrogen-bond acceptors (Lipinski definition) is 4. The molecule has 1 aliphatic heterocycles. The number of amides is 1. The van der Waals surface area contributed by atoms with Gasteiger partial charge in [0.1, 0.15) is 18.1 Å². The van der Waals surface area contributed by atoms with Crippen LogP contribution in [-0.4, -0.2) is 39.3 Å². The first-order valence-electron chi connectivity index (χ1n) is 6.68. The van der Waals surface area contributed by atoms with Crippen molar-refractivity contribution >= 4 is 11.6 Å². The Morgan fingerprint density at radius 2 is 2.45 bits per heavy atom. The van der Waals surface area contributed by atoms with E-state index in [4.69, 9.17) is 9.47 Å². The van der Waals surface area contributed by atoms with Crippen LogP contribution < -0.4 is 19.7 Å². The Balaban J connectivity index is 1.97. The summed E-state index contributed by atoms with van der Waals surface area (Å²) in [5.41, 5.74) is 1.01. The molecular weight excluding hydrogens is 256 g/mol. The Bertz CT molecular complexity index is 488. The molecule has 1 amide bonds. The second-order valence-corrected chi connectivity index (χ2v) is 4.51. The molecule has 1 aliphatic rings. The van der Waals surface area contributed by atoms with E-state index in [-0.39, 0.29) is 5.91 Å². The number of rotatable bonds is 6. The van der Waals surface area contributed by atoms with Crippen LogP contribution in [0.4, 0.5) is 5.69 Å². The summed E-state index contributed by atoms with van der Waals surface area (Å²) in [6, 6.07) is 5.75. The SMILES string of the molecule is C=CCC(=O)NCCN1CCOc2ccc(OC)cc21. The summed E-state index contributed by atoms with van der Waals surface area (Å²) in [6.07, 6.45) is 1.96. The molecule has 20 heavy (non-hydrogen) atoms. The number of nitrogens with zero attached hydrogens (tertiary/aromatic N) is 1. The van der Waals surface area contributed by atoms with E-state index in [9.17, 15) is 4.79 Å². The third-order valence-corrected chi connectivity index (χ3v) is 3.16. The van der Waals surface area contributed by atoms with Gasteiger partial charge in [0.05, 0.1) is 19.3 Å². The summed E-state index contributed by atoms with van der Waals surface area (Å²) >= 11 is 0. The maximum absolute atomic E-state index is 11.4. The van der Waals surface area contributed by atoms with E-state index in [1.165, 1.54) is 0 Å². The molecule has 2 rings (SSSR count). The summed E-state index contributed by atoms with van der Waals surface area (Å²) < 4.78 is 10.9. The van der Waals surface area contributed by atoms with Gasteiger partial charge in [0.15, 0.2) is 0 Å². The monoisotopic (exact) mass is 276 g/mol. The maximum Gasteiger partial charge on any atom is 0.223 e. The lowest BCUT2D eigenvalue weighted by molar-refractivity contribution is -0.120. The zero-order chi connectivity index (χ0) is 14.4. The minimum absolute atomic E-state index is 0.000810. The number of fused-ring (bicyclic) bond motifs is 1. The van der Waals surface area contributed by atoms with Crippen molar-refractivity contribution in [3.05, 3.63) is 30.9 Å². The normalized spacial score (nSPS) is 13.2. The predicted molar refractivity (Wildman–Crippen MR) is 78.5 cm³/mol. The number of hydrogen-bond donors (Lipinski definition) is 1. The van der Waals surface area contributed by atoms with Gasteiger partial charge >= 0.3 is 0 Å². The van der Waals surface area contributed by atoms with Crippen molar-refractivity contribution < 1.29 is 14.3 Å². The van der Waals surface area contributed by atoms with Crippen molar-refractivity contribution in [3.63, 3.8) is 0 Å². The number of ether oxygens (including phenoxy) is 2. The Hall–Kier alpha value is -2.17. The summed E-state index contributed by atoms with van der Waals surface area (Å²) in [5, 5.41) is 2.87. The zero-order valence-electron chi connectivity index (χ0n) is 11.7. The highest BCUT2D eigenvalue weighted by molar-refractivity contribution is 5.77. The third kappa shape index (κ3) is 3.44. The van der Waals surface area contributed by atoms with Gasteiger partial charge in [-0.1, -0.05) is 6.08 Å². The molecule has 5 nitrogen and oxygen atoms in total. The van der Waals surface area contributed by atoms with Gasteiger partial charge in [0, 0.05) is 25.6 Å². The average molecular weight is 276 g/mol. The second-order valence-electron chi connectivity index (χ2n) is 4.51. The number of nitrogens with one attached hydrogen (secondary N) is 1. The van der Waals surface area contributed by atoms with Gasteiger partial charge in [-0.2, -0.15) is 0 Å². The lowest BCUT2D eigenvalue weighted by Gasteiger charge is -2.31. The number of carbonyl (C=O) groups is 1. The fraction of sp³-hybridized carbons (Fsp3) is 0.400. The molecule has 0 aliphatic carbocycles. The Morgan fingerprint density at radius 1 is 1.60 bits per heavy atom. The largest absolute Gasteiger partial charge is 0.497 e. The summed E-state index contributed by atoms with van der Waals surface area (Å²) in [5.74, 6) is 1.66. The van der Waals surface area contributed by atoms with Crippen molar-refractivity contribution in [1.82, 2.24) is 5.32 Å². The van der Waals surface area contributed by atoms with Crippen molar-refractivity contribution in [3.8, 4) is 11.5 Å². The molecule has 1 aromatic rings. The molecule has 0 saturated heterocycles. The minimum atomic E-state index is -0.000810. The highest BCUT2D eigenvalue weighted by Crippen LogP contribution is 2.34. The van der Waals surface area contributed by atoms with Crippen molar-refractivity contribution in [2.45, 2.75) is 6.42 Å². The van der Waals surface area contributed by atoms with Crippen LogP contribution in [0, 0.1) is 0 Å². The maximum atomic E-state index is 11.4. The quantitative estimate of drug-likeness (QED) is 0.802. The molecule has 0 bridgehead atoms. The number of carbonyl (C=O) groups excluding carboxylic acids is 1. The van der Waals surface area contributed by atoms with Crippen LogP contribution in [-0.2, 0) is 4.79 Å². The summed E-state index contributed by atoms with van der Waals surface area (Å²) in [7, 11) is 1.64. The molecule has 0 spiro atoms. The number of benzene rings is 1. The van der Waals surface area contributed by atoms with Gasteiger partial charge in [0.2, 0.25) is 5.91 Å². The highest BCUT2D eigenvalue weighted by atomic mass is 16.5. The molecule has 0 radical (unpaired) electrons. The Kier molecular flexibility index (Phi) is 4.87. The van der Waals surface area contributed by atoms with E-state index in [2.05, 4.69) is 16.8 Å². The molecular formula is C15H20N2O3. The van der Waals surface area contributed by atoms with Crippen LogP contribution in [0.25, 0.3) is 0 Å². The molecule has 5 heteroatoms. The van der Waals surface area contributed by atoms with Crippen LogP contribution in [0.2, 0.25) is 0 Å². The van der Waals surface area contributed by atoms with E-state index in [1.54, 1.807) is 13.2 Å². The van der Waals surface area contributed by atoms with E-state index in [1.807, 2.05) is 18.2 Å². The van der Waals surface area contributed by atoms with Gasteiger partial charge in [0.25, 0.3) is 0 Å². The number of methoxy groups -OCH3 is 1. The van der Waals surface area contributed by atoms with Crippen molar-refractivity contribution in [2.24, 2.45) is 0 Å². The third-order valence-electron chi connectivity index (χ3n) is 3.16. The summed E-state index contributed by atoms with van der Waals surface area (Å²) in [6.45, 7) is 6.34. The van der Waals surface area contributed by atoms with Gasteiger partial charge in [-0.3, -0.25) is 4.79 Å². The first-order valence-corrected chi connectivity index (χ1v) is 6.68. The molecule has 1 heterocycles. The topological polar surface area (TPSA) is 50.8 Å². The molecule has 0 atom stereocenters. The zero-order valence-corrected chi connectivity index (χ0v) is 11.7. The van der Waals surface area contributed by atoms with Crippen LogP contribution in [0.15, 0.2) is 30.9 Å². The van der Waals surface area contributed by atoms with Crippen molar-refractivity contribution in [1.29, 1.82) is 0 Å². The van der Waals surface area contributed by atoms with Gasteiger partial charge in [-0.05, 0) is 12.1 Å². The standard InChI is InChI=1S/C15H20N2O3/c1-3-4-15(18)16-7-8-17-9-10-20-14-6-5-12(19-2)11-13(14)17/h3,5-6,11H,1,4,7-10H2,2H3,(H,16,18). The average Bonchev–Trinajstić information content (AvgIpc) is 2.47. The fourth-order valence-corrected chi connectivity index (χ4v) is 2.15. The lowest BCUT2D eigenvalue weighted by atomic mass is 10.2. The van der Waals surface area contributed by atoms with Gasteiger partial charge in [-0.15, -0.1) is 6.58 Å². The molecule has 0 fully saturated rings. The molecule has 1 aromatic carbocycles. The van der Waals surface area contributed by atoms with Gasteiger partial charge in [-0.25, -0.2) is 0 Å². The molecule has 0 saturated carbocycles. The molecule has 108 valence electrons. The van der Waals surface area contributed by atoms with E-state index in [0.717, 1.165) is 30.3 Å². The van der Waals surface area contributed by atoms with E-state index < -0.39 is 0 Å². The highest BCUT2D eigenvalue weighted by Gasteiger charge is 2.18. The number of anilines is 1. The van der Waals surface area contributed by atoms with Crippen molar-refractivity contribution in [2.75, 3.05) is 38.3 Å².